The fourth-order valence-corrected chi connectivity index (χ4v) is 2.41. The summed E-state index contributed by atoms with van der Waals surface area (Å²) in [6, 6.07) is 6.08. The van der Waals surface area contributed by atoms with E-state index >= 15 is 0 Å². The Morgan fingerprint density at radius 2 is 2.15 bits per heavy atom. The fraction of sp³-hybridized carbons (Fsp3) is 0.562. The van der Waals surface area contributed by atoms with Gasteiger partial charge in [0.2, 0.25) is 0 Å². The molecule has 0 aliphatic rings. The highest BCUT2D eigenvalue weighted by atomic mass is 16.5. The highest BCUT2D eigenvalue weighted by molar-refractivity contribution is 5.77. The first-order valence-corrected chi connectivity index (χ1v) is 7.38. The third-order valence-electron chi connectivity index (χ3n) is 3.22. The van der Waals surface area contributed by atoms with E-state index in [4.69, 9.17) is 14.8 Å². The van der Waals surface area contributed by atoms with Gasteiger partial charge in [0, 0.05) is 25.6 Å². The normalized spacial score (nSPS) is 11.4. The minimum Gasteiger partial charge on any atom is -0.494 e. The van der Waals surface area contributed by atoms with Crippen molar-refractivity contribution in [2.45, 2.75) is 40.2 Å². The van der Waals surface area contributed by atoms with E-state index in [1.165, 1.54) is 0 Å². The van der Waals surface area contributed by atoms with Gasteiger partial charge in [-0.15, -0.1) is 0 Å². The zero-order valence-corrected chi connectivity index (χ0v) is 12.6. The van der Waals surface area contributed by atoms with Crippen LogP contribution >= 0.6 is 0 Å². The van der Waals surface area contributed by atoms with E-state index in [0.29, 0.717) is 12.5 Å². The molecule has 0 saturated carbocycles. The van der Waals surface area contributed by atoms with Crippen molar-refractivity contribution in [2.75, 3.05) is 13.2 Å². The van der Waals surface area contributed by atoms with Crippen LogP contribution in [-0.2, 0) is 13.0 Å². The van der Waals surface area contributed by atoms with E-state index < -0.39 is 0 Å². The van der Waals surface area contributed by atoms with Crippen LogP contribution in [0.25, 0.3) is 11.0 Å². The highest BCUT2D eigenvalue weighted by Crippen LogP contribution is 2.23. The monoisotopic (exact) mass is 276 g/mol. The van der Waals surface area contributed by atoms with Crippen molar-refractivity contribution in [1.82, 2.24) is 9.55 Å². The summed E-state index contributed by atoms with van der Waals surface area (Å²) in [5.41, 5.74) is 2.12. The topological polar surface area (TPSA) is 47.3 Å². The molecule has 110 valence electrons. The summed E-state index contributed by atoms with van der Waals surface area (Å²) in [7, 11) is 0. The lowest BCUT2D eigenvalue weighted by Crippen LogP contribution is -2.09. The van der Waals surface area contributed by atoms with Crippen molar-refractivity contribution in [3.8, 4) is 5.75 Å². The van der Waals surface area contributed by atoms with Gasteiger partial charge in [0.15, 0.2) is 0 Å². The molecular formula is C16H24N2O2. The molecule has 0 saturated heterocycles. The quantitative estimate of drug-likeness (QED) is 0.845. The number of fused-ring (bicyclic) bond motifs is 1. The molecule has 0 fully saturated rings. The van der Waals surface area contributed by atoms with Gasteiger partial charge in [-0.2, -0.15) is 0 Å². The minimum atomic E-state index is 0.203. The largest absolute Gasteiger partial charge is 0.494 e. The summed E-state index contributed by atoms with van der Waals surface area (Å²) in [5, 5.41) is 9.03. The lowest BCUT2D eigenvalue weighted by molar-refractivity contribution is 0.286. The molecule has 1 aromatic heterocycles. The molecule has 2 rings (SSSR count). The molecule has 0 bridgehead atoms. The van der Waals surface area contributed by atoms with Crippen LogP contribution in [0.1, 0.15) is 33.0 Å². The second-order valence-corrected chi connectivity index (χ2v) is 5.44. The average molecular weight is 276 g/mol. The molecule has 2 aromatic rings. The number of aliphatic hydroxyl groups is 1. The number of hydrogen-bond donors (Lipinski definition) is 1. The van der Waals surface area contributed by atoms with Crippen molar-refractivity contribution >= 4 is 11.0 Å². The Morgan fingerprint density at radius 1 is 1.35 bits per heavy atom. The lowest BCUT2D eigenvalue weighted by Gasteiger charge is -2.11. The van der Waals surface area contributed by atoms with Crippen molar-refractivity contribution in [3.63, 3.8) is 0 Å². The van der Waals surface area contributed by atoms with Gasteiger partial charge >= 0.3 is 0 Å². The van der Waals surface area contributed by atoms with Gasteiger partial charge in [0.1, 0.15) is 11.6 Å². The van der Waals surface area contributed by atoms with Crippen LogP contribution in [0.5, 0.6) is 5.75 Å². The Hall–Kier alpha value is -1.55. The Morgan fingerprint density at radius 3 is 2.80 bits per heavy atom. The molecule has 0 spiro atoms. The third kappa shape index (κ3) is 3.31. The number of aryl methyl sites for hydroxylation is 1. The standard InChI is InChI=1S/C16H24N2O2/c1-4-20-13-7-8-15-14(10-13)17-16(6-5-9-19)18(15)11-12(2)3/h7-8,10,12,19H,4-6,9,11H2,1-3H3. The number of aliphatic hydroxyl groups excluding tert-OH is 1. The number of aromatic nitrogens is 2. The predicted molar refractivity (Wildman–Crippen MR) is 81.1 cm³/mol. The second kappa shape index (κ2) is 6.75. The fourth-order valence-electron chi connectivity index (χ4n) is 2.41. The Kier molecular flexibility index (Phi) is 5.01. The summed E-state index contributed by atoms with van der Waals surface area (Å²) in [6.45, 7) is 8.20. The van der Waals surface area contributed by atoms with Crippen molar-refractivity contribution in [3.05, 3.63) is 24.0 Å². The molecule has 0 aliphatic heterocycles. The molecule has 4 heteroatoms. The first-order chi connectivity index (χ1) is 9.65. The Labute approximate surface area is 120 Å². The Balaban J connectivity index is 2.41. The van der Waals surface area contributed by atoms with Crippen LogP contribution in [0.4, 0.5) is 0 Å². The second-order valence-electron chi connectivity index (χ2n) is 5.44. The number of rotatable bonds is 7. The molecular weight excluding hydrogens is 252 g/mol. The van der Waals surface area contributed by atoms with E-state index in [-0.39, 0.29) is 6.61 Å². The van der Waals surface area contributed by atoms with Crippen LogP contribution in [0, 0.1) is 5.92 Å². The number of ether oxygens (including phenoxy) is 1. The summed E-state index contributed by atoms with van der Waals surface area (Å²) in [6.07, 6.45) is 1.56. The number of hydrogen-bond acceptors (Lipinski definition) is 3. The van der Waals surface area contributed by atoms with Crippen molar-refractivity contribution in [2.24, 2.45) is 5.92 Å². The highest BCUT2D eigenvalue weighted by Gasteiger charge is 2.12. The molecule has 0 aliphatic carbocycles. The maximum absolute atomic E-state index is 9.03. The molecule has 0 atom stereocenters. The van der Waals surface area contributed by atoms with Crippen LogP contribution in [0.2, 0.25) is 0 Å². The van der Waals surface area contributed by atoms with Gasteiger partial charge in [-0.25, -0.2) is 4.98 Å². The van der Waals surface area contributed by atoms with E-state index in [1.807, 2.05) is 19.1 Å². The van der Waals surface area contributed by atoms with E-state index in [1.54, 1.807) is 0 Å². The van der Waals surface area contributed by atoms with Crippen molar-refractivity contribution < 1.29 is 9.84 Å². The van der Waals surface area contributed by atoms with Crippen LogP contribution in [0.3, 0.4) is 0 Å². The Bertz CT molecular complexity index is 561. The molecule has 1 heterocycles. The first-order valence-electron chi connectivity index (χ1n) is 7.38. The SMILES string of the molecule is CCOc1ccc2c(c1)nc(CCCO)n2CC(C)C. The van der Waals surface area contributed by atoms with E-state index in [2.05, 4.69) is 24.5 Å². The summed E-state index contributed by atoms with van der Waals surface area (Å²) < 4.78 is 7.81. The molecule has 1 aromatic carbocycles. The third-order valence-corrected chi connectivity index (χ3v) is 3.22. The number of benzene rings is 1. The zero-order valence-electron chi connectivity index (χ0n) is 12.6. The molecule has 4 nitrogen and oxygen atoms in total. The molecule has 0 radical (unpaired) electrons. The van der Waals surface area contributed by atoms with Gasteiger partial charge in [-0.1, -0.05) is 13.8 Å². The van der Waals surface area contributed by atoms with Crippen LogP contribution in [0.15, 0.2) is 18.2 Å². The number of imidazole rings is 1. The molecule has 0 unspecified atom stereocenters. The summed E-state index contributed by atoms with van der Waals surface area (Å²) in [5.74, 6) is 2.48. The maximum Gasteiger partial charge on any atom is 0.121 e. The van der Waals surface area contributed by atoms with Gasteiger partial charge < -0.3 is 14.4 Å². The first kappa shape index (κ1) is 14.9. The van der Waals surface area contributed by atoms with Gasteiger partial charge in [-0.05, 0) is 31.4 Å². The van der Waals surface area contributed by atoms with E-state index in [0.717, 1.165) is 42.0 Å². The average Bonchev–Trinajstić information content (AvgIpc) is 2.73. The van der Waals surface area contributed by atoms with Gasteiger partial charge in [-0.3, -0.25) is 0 Å². The minimum absolute atomic E-state index is 0.203. The molecule has 1 N–H and O–H groups in total. The van der Waals surface area contributed by atoms with Gasteiger partial charge in [0.25, 0.3) is 0 Å². The zero-order chi connectivity index (χ0) is 14.5. The smallest absolute Gasteiger partial charge is 0.121 e. The van der Waals surface area contributed by atoms with Crippen LogP contribution < -0.4 is 4.74 Å². The predicted octanol–water partition coefficient (Wildman–Crippen LogP) is 3.02. The summed E-state index contributed by atoms with van der Waals surface area (Å²) >= 11 is 0. The lowest BCUT2D eigenvalue weighted by atomic mass is 10.2. The molecule has 20 heavy (non-hydrogen) atoms. The molecule has 0 amide bonds. The maximum atomic E-state index is 9.03. The van der Waals surface area contributed by atoms with Crippen molar-refractivity contribution in [1.29, 1.82) is 0 Å². The summed E-state index contributed by atoms with van der Waals surface area (Å²) in [4.78, 5) is 4.72. The van der Waals surface area contributed by atoms with E-state index in [9.17, 15) is 0 Å². The number of nitrogens with zero attached hydrogens (tertiary/aromatic N) is 2. The van der Waals surface area contributed by atoms with Gasteiger partial charge in [0.05, 0.1) is 17.6 Å². The van der Waals surface area contributed by atoms with Crippen LogP contribution in [-0.4, -0.2) is 27.9 Å².